The molecule has 3 rings (SSSR count). The molecule has 2 N–H and O–H groups in total. The maximum atomic E-state index is 12.6. The maximum absolute atomic E-state index is 12.6. The Labute approximate surface area is 135 Å². The Balaban J connectivity index is 1.67. The number of amides is 1. The topological polar surface area (TPSA) is 46.3 Å². The van der Waals surface area contributed by atoms with Crippen LogP contribution in [0.4, 0.5) is 5.69 Å². The van der Waals surface area contributed by atoms with Crippen LogP contribution >= 0.6 is 15.9 Å². The van der Waals surface area contributed by atoms with E-state index in [9.17, 15) is 4.79 Å². The SMILES string of the molecule is Nc1cc(Br)ccc1C(=O)N1CCC2(CCCCC2)CC1. The van der Waals surface area contributed by atoms with Crippen LogP contribution in [-0.2, 0) is 0 Å². The number of piperidine rings is 1. The van der Waals surface area contributed by atoms with Gasteiger partial charge in [-0.05, 0) is 49.3 Å². The van der Waals surface area contributed by atoms with Gasteiger partial charge in [-0.15, -0.1) is 0 Å². The van der Waals surface area contributed by atoms with Crippen molar-refractivity contribution in [3.05, 3.63) is 28.2 Å². The van der Waals surface area contributed by atoms with Gasteiger partial charge in [0.2, 0.25) is 0 Å². The number of nitrogen functional groups attached to an aromatic ring is 1. The van der Waals surface area contributed by atoms with Gasteiger partial charge >= 0.3 is 0 Å². The van der Waals surface area contributed by atoms with Crippen LogP contribution in [-0.4, -0.2) is 23.9 Å². The van der Waals surface area contributed by atoms with E-state index in [0.717, 1.165) is 30.4 Å². The molecule has 1 aromatic rings. The smallest absolute Gasteiger partial charge is 0.255 e. The molecule has 2 fully saturated rings. The lowest BCUT2D eigenvalue weighted by atomic mass is 9.68. The van der Waals surface area contributed by atoms with Crippen molar-refractivity contribution >= 4 is 27.5 Å². The van der Waals surface area contributed by atoms with E-state index in [4.69, 9.17) is 5.73 Å². The number of nitrogens with zero attached hydrogens (tertiary/aromatic N) is 1. The van der Waals surface area contributed by atoms with Crippen molar-refractivity contribution in [1.82, 2.24) is 4.90 Å². The molecule has 1 aliphatic heterocycles. The van der Waals surface area contributed by atoms with Gasteiger partial charge in [0.15, 0.2) is 0 Å². The van der Waals surface area contributed by atoms with Crippen LogP contribution in [0.3, 0.4) is 0 Å². The summed E-state index contributed by atoms with van der Waals surface area (Å²) < 4.78 is 0.913. The zero-order valence-electron chi connectivity index (χ0n) is 12.4. The Hall–Kier alpha value is -1.03. The van der Waals surface area contributed by atoms with Crippen molar-refractivity contribution in [2.45, 2.75) is 44.9 Å². The molecule has 0 radical (unpaired) electrons. The van der Waals surface area contributed by atoms with E-state index in [1.165, 1.54) is 32.1 Å². The number of benzene rings is 1. The molecule has 0 unspecified atom stereocenters. The molecule has 1 aromatic carbocycles. The number of likely N-dealkylation sites (tertiary alicyclic amines) is 1. The number of carbonyl (C=O) groups is 1. The fraction of sp³-hybridized carbons (Fsp3) is 0.588. The molecular weight excluding hydrogens is 328 g/mol. The minimum absolute atomic E-state index is 0.0886. The lowest BCUT2D eigenvalue weighted by molar-refractivity contribution is 0.0473. The molecule has 4 heteroatoms. The molecule has 114 valence electrons. The summed E-state index contributed by atoms with van der Waals surface area (Å²) in [6.07, 6.45) is 9.16. The molecule has 1 heterocycles. The van der Waals surface area contributed by atoms with Crippen LogP contribution in [0.25, 0.3) is 0 Å². The summed E-state index contributed by atoms with van der Waals surface area (Å²) in [4.78, 5) is 14.6. The molecule has 0 aromatic heterocycles. The van der Waals surface area contributed by atoms with Crippen molar-refractivity contribution in [3.63, 3.8) is 0 Å². The average Bonchev–Trinajstić information content (AvgIpc) is 2.48. The van der Waals surface area contributed by atoms with E-state index in [-0.39, 0.29) is 5.91 Å². The highest BCUT2D eigenvalue weighted by molar-refractivity contribution is 9.10. The fourth-order valence-electron chi connectivity index (χ4n) is 3.88. The van der Waals surface area contributed by atoms with Crippen molar-refractivity contribution in [1.29, 1.82) is 0 Å². The molecule has 21 heavy (non-hydrogen) atoms. The quantitative estimate of drug-likeness (QED) is 0.770. The number of anilines is 1. The van der Waals surface area contributed by atoms with Crippen LogP contribution in [0.2, 0.25) is 0 Å². The van der Waals surface area contributed by atoms with Gasteiger partial charge in [-0.25, -0.2) is 0 Å². The highest BCUT2D eigenvalue weighted by atomic mass is 79.9. The summed E-state index contributed by atoms with van der Waals surface area (Å²) in [5, 5.41) is 0. The lowest BCUT2D eigenvalue weighted by Crippen LogP contribution is -2.44. The first-order valence-electron chi connectivity index (χ1n) is 7.94. The monoisotopic (exact) mass is 350 g/mol. The van der Waals surface area contributed by atoms with Gasteiger partial charge in [0, 0.05) is 23.2 Å². The Morgan fingerprint density at radius 2 is 1.76 bits per heavy atom. The molecule has 0 bridgehead atoms. The van der Waals surface area contributed by atoms with Crippen LogP contribution in [0, 0.1) is 5.41 Å². The molecule has 0 atom stereocenters. The highest BCUT2D eigenvalue weighted by Gasteiger charge is 2.36. The Kier molecular flexibility index (Phi) is 4.25. The maximum Gasteiger partial charge on any atom is 0.255 e. The Bertz CT molecular complexity index is 528. The predicted octanol–water partition coefficient (Wildman–Crippen LogP) is 4.22. The van der Waals surface area contributed by atoms with E-state index in [0.29, 0.717) is 16.7 Å². The molecule has 1 saturated carbocycles. The number of hydrogen-bond donors (Lipinski definition) is 1. The van der Waals surface area contributed by atoms with Gasteiger partial charge in [-0.2, -0.15) is 0 Å². The number of carbonyl (C=O) groups excluding carboxylic acids is 1. The third-order valence-corrected chi connectivity index (χ3v) is 5.76. The van der Waals surface area contributed by atoms with Gasteiger partial charge in [0.1, 0.15) is 0 Å². The van der Waals surface area contributed by atoms with Gasteiger partial charge in [-0.1, -0.05) is 35.2 Å². The van der Waals surface area contributed by atoms with Gasteiger partial charge in [0.05, 0.1) is 5.56 Å². The van der Waals surface area contributed by atoms with Crippen molar-refractivity contribution in [2.75, 3.05) is 18.8 Å². The molecule has 2 aliphatic rings. The van der Waals surface area contributed by atoms with E-state index in [2.05, 4.69) is 15.9 Å². The number of hydrogen-bond acceptors (Lipinski definition) is 2. The van der Waals surface area contributed by atoms with Crippen LogP contribution in [0.1, 0.15) is 55.3 Å². The minimum atomic E-state index is 0.0886. The van der Waals surface area contributed by atoms with Crippen LogP contribution in [0.15, 0.2) is 22.7 Å². The van der Waals surface area contributed by atoms with Crippen molar-refractivity contribution in [3.8, 4) is 0 Å². The summed E-state index contributed by atoms with van der Waals surface area (Å²) in [5.41, 5.74) is 7.72. The second kappa shape index (κ2) is 5.99. The first-order valence-corrected chi connectivity index (χ1v) is 8.73. The second-order valence-corrected chi connectivity index (χ2v) is 7.50. The normalized spacial score (nSPS) is 21.5. The second-order valence-electron chi connectivity index (χ2n) is 6.58. The largest absolute Gasteiger partial charge is 0.398 e. The van der Waals surface area contributed by atoms with E-state index in [1.807, 2.05) is 17.0 Å². The minimum Gasteiger partial charge on any atom is -0.398 e. The van der Waals surface area contributed by atoms with E-state index >= 15 is 0 Å². The third-order valence-electron chi connectivity index (χ3n) is 5.27. The summed E-state index contributed by atoms with van der Waals surface area (Å²) >= 11 is 3.38. The standard InChI is InChI=1S/C17H23BrN2O/c18-13-4-5-14(15(19)12-13)16(21)20-10-8-17(9-11-20)6-2-1-3-7-17/h4-5,12H,1-3,6-11,19H2. The van der Waals surface area contributed by atoms with E-state index in [1.54, 1.807) is 6.07 Å². The third kappa shape index (κ3) is 3.10. The van der Waals surface area contributed by atoms with Crippen LogP contribution in [0.5, 0.6) is 0 Å². The van der Waals surface area contributed by atoms with Crippen molar-refractivity contribution in [2.24, 2.45) is 5.41 Å². The summed E-state index contributed by atoms with van der Waals surface area (Å²) in [6.45, 7) is 1.77. The fourth-order valence-corrected chi connectivity index (χ4v) is 4.26. The molecule has 1 spiro atoms. The summed E-state index contributed by atoms with van der Waals surface area (Å²) in [7, 11) is 0. The molecule has 3 nitrogen and oxygen atoms in total. The molecule has 1 aliphatic carbocycles. The first-order chi connectivity index (χ1) is 10.1. The highest BCUT2D eigenvalue weighted by Crippen LogP contribution is 2.44. The number of rotatable bonds is 1. The Morgan fingerprint density at radius 1 is 1.10 bits per heavy atom. The van der Waals surface area contributed by atoms with Gasteiger partial charge < -0.3 is 10.6 Å². The van der Waals surface area contributed by atoms with Crippen LogP contribution < -0.4 is 5.73 Å². The van der Waals surface area contributed by atoms with Crippen molar-refractivity contribution < 1.29 is 4.79 Å². The van der Waals surface area contributed by atoms with Gasteiger partial charge in [0.25, 0.3) is 5.91 Å². The zero-order chi connectivity index (χ0) is 14.9. The average molecular weight is 351 g/mol. The molecular formula is C17H23BrN2O. The first kappa shape index (κ1) is 14.9. The number of nitrogens with two attached hydrogens (primary N) is 1. The predicted molar refractivity (Wildman–Crippen MR) is 89.2 cm³/mol. The van der Waals surface area contributed by atoms with Gasteiger partial charge in [-0.3, -0.25) is 4.79 Å². The van der Waals surface area contributed by atoms with E-state index < -0.39 is 0 Å². The molecule has 1 amide bonds. The zero-order valence-corrected chi connectivity index (χ0v) is 14.0. The summed E-state index contributed by atoms with van der Waals surface area (Å²) in [5.74, 6) is 0.0886. The number of halogens is 1. The summed E-state index contributed by atoms with van der Waals surface area (Å²) in [6, 6.07) is 5.52. The lowest BCUT2D eigenvalue weighted by Gasteiger charge is -2.44. The Morgan fingerprint density at radius 3 is 2.38 bits per heavy atom. The molecule has 1 saturated heterocycles.